The Labute approximate surface area is 177 Å². The van der Waals surface area contributed by atoms with Crippen LogP contribution in [0, 0.1) is 5.92 Å². The Morgan fingerprint density at radius 1 is 1.07 bits per heavy atom. The number of carbonyl (C=O) groups excluding carboxylic acids is 2. The second-order valence-corrected chi connectivity index (χ2v) is 8.24. The standard InChI is InChI=1S/C23H29N3O4/c1-16(2)8-9-24-10-11-25-18(6-7-20(25)23(24)28)17-4-5-19-21(14-17)30-15-22(27)26(19)12-13-29-3/h4-7,14,16H,8-13,15H2,1-3H3. The Balaban J connectivity index is 1.59. The fourth-order valence-electron chi connectivity index (χ4n) is 4.05. The highest BCUT2D eigenvalue weighted by molar-refractivity contribution is 5.98. The monoisotopic (exact) mass is 411 g/mol. The van der Waals surface area contributed by atoms with Crippen molar-refractivity contribution < 1.29 is 19.1 Å². The number of hydrogen-bond acceptors (Lipinski definition) is 4. The molecule has 2 aliphatic rings. The first-order valence-electron chi connectivity index (χ1n) is 10.5. The van der Waals surface area contributed by atoms with Crippen molar-refractivity contribution in [1.82, 2.24) is 9.47 Å². The van der Waals surface area contributed by atoms with Gasteiger partial charge in [-0.25, -0.2) is 0 Å². The van der Waals surface area contributed by atoms with Crippen LogP contribution in [0.15, 0.2) is 30.3 Å². The number of benzene rings is 1. The molecule has 2 aromatic rings. The van der Waals surface area contributed by atoms with Crippen molar-refractivity contribution in [1.29, 1.82) is 0 Å². The van der Waals surface area contributed by atoms with Crippen molar-refractivity contribution in [3.05, 3.63) is 36.0 Å². The molecule has 2 aliphatic heterocycles. The smallest absolute Gasteiger partial charge is 0.270 e. The van der Waals surface area contributed by atoms with Gasteiger partial charge in [0.05, 0.1) is 12.3 Å². The first-order valence-corrected chi connectivity index (χ1v) is 10.5. The normalized spacial score (nSPS) is 16.0. The molecule has 1 aromatic heterocycles. The Bertz CT molecular complexity index is 950. The molecule has 0 aliphatic carbocycles. The minimum Gasteiger partial charge on any atom is -0.482 e. The van der Waals surface area contributed by atoms with Gasteiger partial charge in [-0.3, -0.25) is 9.59 Å². The van der Waals surface area contributed by atoms with Crippen molar-refractivity contribution >= 4 is 17.5 Å². The first-order chi connectivity index (χ1) is 14.5. The highest BCUT2D eigenvalue weighted by atomic mass is 16.5. The van der Waals surface area contributed by atoms with Crippen LogP contribution in [0.5, 0.6) is 5.75 Å². The maximum atomic E-state index is 12.9. The van der Waals surface area contributed by atoms with Gasteiger partial charge in [-0.15, -0.1) is 0 Å². The fraction of sp³-hybridized carbons (Fsp3) is 0.478. The highest BCUT2D eigenvalue weighted by Gasteiger charge is 2.28. The number of ether oxygens (including phenoxy) is 2. The van der Waals surface area contributed by atoms with E-state index in [0.29, 0.717) is 24.8 Å². The van der Waals surface area contributed by atoms with Gasteiger partial charge in [0.25, 0.3) is 11.8 Å². The van der Waals surface area contributed by atoms with E-state index >= 15 is 0 Å². The molecule has 3 heterocycles. The molecule has 0 atom stereocenters. The summed E-state index contributed by atoms with van der Waals surface area (Å²) >= 11 is 0. The zero-order chi connectivity index (χ0) is 21.3. The lowest BCUT2D eigenvalue weighted by Gasteiger charge is -2.31. The van der Waals surface area contributed by atoms with Gasteiger partial charge >= 0.3 is 0 Å². The molecule has 0 saturated heterocycles. The fourth-order valence-corrected chi connectivity index (χ4v) is 4.05. The predicted molar refractivity (Wildman–Crippen MR) is 115 cm³/mol. The van der Waals surface area contributed by atoms with Gasteiger partial charge in [0.1, 0.15) is 11.4 Å². The van der Waals surface area contributed by atoms with Gasteiger partial charge in [0, 0.05) is 44.5 Å². The van der Waals surface area contributed by atoms with E-state index in [9.17, 15) is 9.59 Å². The molecule has 7 nitrogen and oxygen atoms in total. The zero-order valence-electron chi connectivity index (χ0n) is 17.9. The molecule has 0 unspecified atom stereocenters. The maximum absolute atomic E-state index is 12.9. The van der Waals surface area contributed by atoms with Crippen LogP contribution in [-0.2, 0) is 16.1 Å². The van der Waals surface area contributed by atoms with Crippen LogP contribution in [0.25, 0.3) is 11.3 Å². The van der Waals surface area contributed by atoms with Crippen molar-refractivity contribution in [2.24, 2.45) is 5.92 Å². The number of fused-ring (bicyclic) bond motifs is 2. The number of carbonyl (C=O) groups is 2. The number of hydrogen-bond donors (Lipinski definition) is 0. The molecule has 0 bridgehead atoms. The van der Waals surface area contributed by atoms with E-state index in [-0.39, 0.29) is 18.4 Å². The van der Waals surface area contributed by atoms with Crippen LogP contribution >= 0.6 is 0 Å². The average Bonchev–Trinajstić information content (AvgIpc) is 3.17. The number of methoxy groups -OCH3 is 1. The van der Waals surface area contributed by atoms with E-state index in [1.54, 1.807) is 12.0 Å². The number of nitrogens with zero attached hydrogens (tertiary/aromatic N) is 3. The van der Waals surface area contributed by atoms with Gasteiger partial charge in [0.15, 0.2) is 6.61 Å². The second-order valence-electron chi connectivity index (χ2n) is 8.24. The zero-order valence-corrected chi connectivity index (χ0v) is 17.9. The molecule has 0 spiro atoms. The topological polar surface area (TPSA) is 64.0 Å². The van der Waals surface area contributed by atoms with Gasteiger partial charge in [-0.05, 0) is 36.6 Å². The van der Waals surface area contributed by atoms with Gasteiger partial charge in [-0.2, -0.15) is 0 Å². The Morgan fingerprint density at radius 3 is 2.63 bits per heavy atom. The van der Waals surface area contributed by atoms with Crippen molar-refractivity contribution in [2.45, 2.75) is 26.8 Å². The van der Waals surface area contributed by atoms with Gasteiger partial charge < -0.3 is 23.8 Å². The molecule has 1 aromatic carbocycles. The first kappa shape index (κ1) is 20.5. The summed E-state index contributed by atoms with van der Waals surface area (Å²) in [6.45, 7) is 7.64. The van der Waals surface area contributed by atoms with Crippen LogP contribution in [0.3, 0.4) is 0 Å². The summed E-state index contributed by atoms with van der Waals surface area (Å²) in [5.41, 5.74) is 3.46. The van der Waals surface area contributed by atoms with E-state index in [0.717, 1.165) is 48.7 Å². The molecule has 160 valence electrons. The minimum absolute atomic E-state index is 0.0235. The maximum Gasteiger partial charge on any atom is 0.270 e. The third-order valence-electron chi connectivity index (χ3n) is 5.77. The lowest BCUT2D eigenvalue weighted by molar-refractivity contribution is -0.121. The summed E-state index contributed by atoms with van der Waals surface area (Å²) in [5, 5.41) is 0. The largest absolute Gasteiger partial charge is 0.482 e. The number of aromatic nitrogens is 1. The molecule has 0 saturated carbocycles. The van der Waals surface area contributed by atoms with Crippen LogP contribution in [0.1, 0.15) is 30.8 Å². The summed E-state index contributed by atoms with van der Waals surface area (Å²) in [5.74, 6) is 1.28. The minimum atomic E-state index is -0.0700. The van der Waals surface area contributed by atoms with E-state index in [2.05, 4.69) is 18.4 Å². The number of rotatable bonds is 7. The third-order valence-corrected chi connectivity index (χ3v) is 5.77. The molecule has 7 heteroatoms. The molecular weight excluding hydrogens is 382 g/mol. The van der Waals surface area contributed by atoms with Crippen LogP contribution < -0.4 is 9.64 Å². The SMILES string of the molecule is COCCN1C(=O)COc2cc(-c3ccc4n3CCN(CCC(C)C)C4=O)ccc21. The van der Waals surface area contributed by atoms with E-state index in [1.807, 2.05) is 35.2 Å². The summed E-state index contributed by atoms with van der Waals surface area (Å²) < 4.78 is 12.9. The average molecular weight is 412 g/mol. The Morgan fingerprint density at radius 2 is 1.87 bits per heavy atom. The summed E-state index contributed by atoms with van der Waals surface area (Å²) in [7, 11) is 1.62. The number of anilines is 1. The van der Waals surface area contributed by atoms with E-state index < -0.39 is 0 Å². The summed E-state index contributed by atoms with van der Waals surface area (Å²) in [6, 6.07) is 9.76. The molecule has 0 radical (unpaired) electrons. The third kappa shape index (κ3) is 3.81. The highest BCUT2D eigenvalue weighted by Crippen LogP contribution is 2.37. The van der Waals surface area contributed by atoms with Crippen molar-refractivity contribution in [3.63, 3.8) is 0 Å². The lowest BCUT2D eigenvalue weighted by Crippen LogP contribution is -2.41. The summed E-state index contributed by atoms with van der Waals surface area (Å²) in [6.07, 6.45) is 1.01. The van der Waals surface area contributed by atoms with Crippen LogP contribution in [0.2, 0.25) is 0 Å². The van der Waals surface area contributed by atoms with Crippen molar-refractivity contribution in [2.75, 3.05) is 44.9 Å². The molecule has 0 fully saturated rings. The Hall–Kier alpha value is -2.80. The van der Waals surface area contributed by atoms with Crippen molar-refractivity contribution in [3.8, 4) is 17.0 Å². The quantitative estimate of drug-likeness (QED) is 0.703. The molecular formula is C23H29N3O4. The molecule has 4 rings (SSSR count). The van der Waals surface area contributed by atoms with E-state index in [4.69, 9.17) is 9.47 Å². The summed E-state index contributed by atoms with van der Waals surface area (Å²) in [4.78, 5) is 28.8. The molecule has 2 amide bonds. The predicted octanol–water partition coefficient (Wildman–Crippen LogP) is 3.03. The van der Waals surface area contributed by atoms with Crippen LogP contribution in [-0.4, -0.2) is 61.2 Å². The van der Waals surface area contributed by atoms with E-state index in [1.165, 1.54) is 0 Å². The van der Waals surface area contributed by atoms with Gasteiger partial charge in [0.2, 0.25) is 0 Å². The molecule has 30 heavy (non-hydrogen) atoms. The number of amides is 2. The molecule has 0 N–H and O–H groups in total. The second kappa shape index (κ2) is 8.52. The lowest BCUT2D eigenvalue weighted by atomic mass is 10.1. The van der Waals surface area contributed by atoms with Crippen LogP contribution in [0.4, 0.5) is 5.69 Å². The Kier molecular flexibility index (Phi) is 5.81. The van der Waals surface area contributed by atoms with Gasteiger partial charge in [-0.1, -0.05) is 19.9 Å².